The van der Waals surface area contributed by atoms with Crippen LogP contribution in [0.15, 0.2) is 65.6 Å². The quantitative estimate of drug-likeness (QED) is 0.801. The zero-order chi connectivity index (χ0) is 21.1. The predicted molar refractivity (Wildman–Crippen MR) is 102 cm³/mol. The van der Waals surface area contributed by atoms with Crippen LogP contribution in [0.1, 0.15) is 17.5 Å². The Kier molecular flexibility index (Phi) is 6.09. The third-order valence-electron chi connectivity index (χ3n) is 4.59. The third-order valence-corrected chi connectivity index (χ3v) is 5.99. The van der Waals surface area contributed by atoms with Gasteiger partial charge >= 0.3 is 6.18 Å². The van der Waals surface area contributed by atoms with Crippen LogP contribution in [0.3, 0.4) is 0 Å². The molecule has 0 saturated carbocycles. The average Bonchev–Trinajstić information content (AvgIpc) is 2.72. The lowest BCUT2D eigenvalue weighted by Crippen LogP contribution is -2.42. The lowest BCUT2D eigenvalue weighted by atomic mass is 9.99. The van der Waals surface area contributed by atoms with Crippen molar-refractivity contribution in [1.82, 2.24) is 9.62 Å². The van der Waals surface area contributed by atoms with Crippen molar-refractivity contribution < 1.29 is 26.4 Å². The second kappa shape index (κ2) is 8.38. The highest BCUT2D eigenvalue weighted by Gasteiger charge is 2.31. The lowest BCUT2D eigenvalue weighted by Gasteiger charge is -2.26. The average molecular weight is 424 g/mol. The number of amides is 1. The van der Waals surface area contributed by atoms with Gasteiger partial charge in [0.15, 0.2) is 0 Å². The number of carbonyl (C=O) groups is 1. The van der Waals surface area contributed by atoms with E-state index in [-0.39, 0.29) is 0 Å². The fraction of sp³-hybridized carbons (Fsp3) is 0.250. The first-order valence-corrected chi connectivity index (χ1v) is 10.3. The van der Waals surface area contributed by atoms with E-state index in [0.29, 0.717) is 25.6 Å². The second-order valence-electron chi connectivity index (χ2n) is 6.54. The highest BCUT2D eigenvalue weighted by molar-refractivity contribution is 7.89. The van der Waals surface area contributed by atoms with Crippen LogP contribution in [0.4, 0.5) is 13.2 Å². The summed E-state index contributed by atoms with van der Waals surface area (Å²) in [5.74, 6) is -0.441. The predicted octanol–water partition coefficient (Wildman–Crippen LogP) is 3.30. The molecule has 0 unspecified atom stereocenters. The monoisotopic (exact) mass is 424 g/mol. The molecule has 3 rings (SSSR count). The van der Waals surface area contributed by atoms with Crippen LogP contribution in [0.2, 0.25) is 0 Å². The molecule has 0 bridgehead atoms. The van der Waals surface area contributed by atoms with Gasteiger partial charge in [-0.05, 0) is 35.8 Å². The minimum absolute atomic E-state index is 0.342. The molecule has 1 heterocycles. The van der Waals surface area contributed by atoms with Gasteiger partial charge in [0.1, 0.15) is 0 Å². The van der Waals surface area contributed by atoms with Gasteiger partial charge in [0.05, 0.1) is 17.0 Å². The largest absolute Gasteiger partial charge is 0.416 e. The maximum Gasteiger partial charge on any atom is 0.416 e. The molecule has 0 atom stereocenters. The lowest BCUT2D eigenvalue weighted by molar-refractivity contribution is -0.137. The van der Waals surface area contributed by atoms with Gasteiger partial charge in [-0.25, -0.2) is 13.1 Å². The number of hydrogen-bond donors (Lipinski definition) is 1. The second-order valence-corrected chi connectivity index (χ2v) is 8.30. The van der Waals surface area contributed by atoms with Gasteiger partial charge in [-0.3, -0.25) is 4.79 Å². The highest BCUT2D eigenvalue weighted by Crippen LogP contribution is 2.30. The Morgan fingerprint density at radius 2 is 1.79 bits per heavy atom. The van der Waals surface area contributed by atoms with E-state index >= 15 is 0 Å². The van der Waals surface area contributed by atoms with Crippen LogP contribution < -0.4 is 4.72 Å². The molecule has 2 aromatic rings. The Bertz CT molecular complexity index is 1020. The molecule has 1 N–H and O–H groups in total. The Morgan fingerprint density at radius 1 is 1.07 bits per heavy atom. The topological polar surface area (TPSA) is 66.5 Å². The summed E-state index contributed by atoms with van der Waals surface area (Å²) in [6.07, 6.45) is -2.11. The van der Waals surface area contributed by atoms with Crippen molar-refractivity contribution in [2.75, 3.05) is 19.6 Å². The Balaban J connectivity index is 1.61. The Hall–Kier alpha value is -2.65. The zero-order valence-electron chi connectivity index (χ0n) is 15.3. The van der Waals surface area contributed by atoms with Crippen LogP contribution in [0.5, 0.6) is 0 Å². The van der Waals surface area contributed by atoms with E-state index in [1.54, 1.807) is 0 Å². The van der Waals surface area contributed by atoms with E-state index in [1.165, 1.54) is 4.90 Å². The maximum absolute atomic E-state index is 12.8. The van der Waals surface area contributed by atoms with Crippen LogP contribution in [-0.2, 0) is 21.0 Å². The number of carbonyl (C=O) groups excluding carboxylic acids is 1. The molecule has 154 valence electrons. The summed E-state index contributed by atoms with van der Waals surface area (Å²) in [6.45, 7) is 0.256. The fourth-order valence-electron chi connectivity index (χ4n) is 3.00. The molecule has 0 fully saturated rings. The molecule has 1 aliphatic heterocycles. The molecule has 1 aliphatic rings. The summed E-state index contributed by atoms with van der Waals surface area (Å²) in [5, 5.41) is 0. The smallest absolute Gasteiger partial charge is 0.337 e. The zero-order valence-corrected chi connectivity index (χ0v) is 16.1. The van der Waals surface area contributed by atoms with Crippen LogP contribution in [0, 0.1) is 0 Å². The van der Waals surface area contributed by atoms with Gasteiger partial charge in [0, 0.05) is 13.1 Å². The minimum Gasteiger partial charge on any atom is -0.337 e. The SMILES string of the molecule is O=C(CNS(=O)(=O)c1cccc(C(F)(F)F)c1)N1CC=C(c2ccccc2)CC1. The summed E-state index contributed by atoms with van der Waals surface area (Å²) >= 11 is 0. The number of hydrogen-bond acceptors (Lipinski definition) is 3. The number of alkyl halides is 3. The first kappa shape index (κ1) is 21.1. The molecule has 0 aliphatic carbocycles. The minimum atomic E-state index is -4.65. The van der Waals surface area contributed by atoms with E-state index in [1.807, 2.05) is 36.4 Å². The van der Waals surface area contributed by atoms with Crippen molar-refractivity contribution in [2.45, 2.75) is 17.5 Å². The van der Waals surface area contributed by atoms with Gasteiger partial charge in [-0.15, -0.1) is 0 Å². The maximum atomic E-state index is 12.8. The molecule has 0 spiro atoms. The molecule has 9 heteroatoms. The standard InChI is InChI=1S/C20H19F3N2O3S/c21-20(22,23)17-7-4-8-18(13-17)29(27,28)24-14-19(26)25-11-9-16(10-12-25)15-5-2-1-3-6-15/h1-9,13,24H,10-12,14H2. The molecule has 29 heavy (non-hydrogen) atoms. The number of rotatable bonds is 5. The molecular weight excluding hydrogens is 405 g/mol. The number of nitrogens with zero attached hydrogens (tertiary/aromatic N) is 1. The first-order valence-electron chi connectivity index (χ1n) is 8.86. The molecular formula is C20H19F3N2O3S. The van der Waals surface area contributed by atoms with Gasteiger partial charge in [0.2, 0.25) is 15.9 Å². The Morgan fingerprint density at radius 3 is 2.41 bits per heavy atom. The van der Waals surface area contributed by atoms with Crippen LogP contribution in [0.25, 0.3) is 5.57 Å². The number of halogens is 3. The normalized spacial score (nSPS) is 15.1. The van der Waals surface area contributed by atoms with E-state index < -0.39 is 39.1 Å². The Labute approximate surface area is 166 Å². The van der Waals surface area contributed by atoms with Crippen molar-refractivity contribution in [3.8, 4) is 0 Å². The number of benzene rings is 2. The van der Waals surface area contributed by atoms with Crippen LogP contribution >= 0.6 is 0 Å². The van der Waals surface area contributed by atoms with Crippen molar-refractivity contribution in [2.24, 2.45) is 0 Å². The van der Waals surface area contributed by atoms with E-state index in [0.717, 1.165) is 29.3 Å². The summed E-state index contributed by atoms with van der Waals surface area (Å²) in [5.41, 5.74) is 1.12. The van der Waals surface area contributed by atoms with Gasteiger partial charge < -0.3 is 4.90 Å². The molecule has 0 saturated heterocycles. The van der Waals surface area contributed by atoms with Gasteiger partial charge in [-0.2, -0.15) is 13.2 Å². The fourth-order valence-corrected chi connectivity index (χ4v) is 4.02. The van der Waals surface area contributed by atoms with E-state index in [4.69, 9.17) is 0 Å². The highest BCUT2D eigenvalue weighted by atomic mass is 32.2. The number of nitrogens with one attached hydrogen (secondary N) is 1. The molecule has 0 aromatic heterocycles. The summed E-state index contributed by atoms with van der Waals surface area (Å²) < 4.78 is 65.0. The number of sulfonamides is 1. The van der Waals surface area contributed by atoms with E-state index in [2.05, 4.69) is 4.72 Å². The molecule has 2 aromatic carbocycles. The van der Waals surface area contributed by atoms with Gasteiger partial charge in [-0.1, -0.05) is 42.5 Å². The van der Waals surface area contributed by atoms with Gasteiger partial charge in [0.25, 0.3) is 0 Å². The third kappa shape index (κ3) is 5.24. The van der Waals surface area contributed by atoms with Crippen molar-refractivity contribution in [3.63, 3.8) is 0 Å². The summed E-state index contributed by atoms with van der Waals surface area (Å²) in [7, 11) is -4.24. The van der Waals surface area contributed by atoms with E-state index in [9.17, 15) is 26.4 Å². The van der Waals surface area contributed by atoms with Crippen LogP contribution in [-0.4, -0.2) is 38.9 Å². The summed E-state index contributed by atoms with van der Waals surface area (Å²) in [6, 6.07) is 13.1. The van der Waals surface area contributed by atoms with Crippen molar-refractivity contribution in [1.29, 1.82) is 0 Å². The summed E-state index contributed by atoms with van der Waals surface area (Å²) in [4.78, 5) is 13.3. The molecule has 5 nitrogen and oxygen atoms in total. The van der Waals surface area contributed by atoms with Crippen molar-refractivity contribution in [3.05, 3.63) is 71.8 Å². The molecule has 1 amide bonds. The van der Waals surface area contributed by atoms with Crippen molar-refractivity contribution >= 4 is 21.5 Å². The molecule has 0 radical (unpaired) electrons. The first-order chi connectivity index (χ1) is 13.7.